The highest BCUT2D eigenvalue weighted by molar-refractivity contribution is 9.10. The number of aliphatic carboxylic acids is 1. The van der Waals surface area contributed by atoms with Crippen molar-refractivity contribution < 1.29 is 29.0 Å². The molecular weight excluding hydrogens is 540 g/mol. The first-order valence-corrected chi connectivity index (χ1v) is 12.2. The molecule has 0 aliphatic carbocycles. The van der Waals surface area contributed by atoms with E-state index in [4.69, 9.17) is 14.6 Å². The Morgan fingerprint density at radius 1 is 1.29 bits per heavy atom. The van der Waals surface area contributed by atoms with E-state index in [0.29, 0.717) is 33.8 Å². The highest BCUT2D eigenvalue weighted by Crippen LogP contribution is 2.36. The van der Waals surface area contributed by atoms with E-state index < -0.39 is 17.1 Å². The molecule has 2 amide bonds. The third-order valence-electron chi connectivity index (χ3n) is 4.59. The fourth-order valence-electron chi connectivity index (χ4n) is 3.00. The summed E-state index contributed by atoms with van der Waals surface area (Å²) < 4.78 is 12.0. The molecule has 1 saturated heterocycles. The van der Waals surface area contributed by atoms with Crippen LogP contribution in [0.2, 0.25) is 0 Å². The first-order chi connectivity index (χ1) is 16.8. The van der Waals surface area contributed by atoms with Crippen LogP contribution in [0, 0.1) is 6.92 Å². The van der Waals surface area contributed by atoms with Crippen LogP contribution in [0.4, 0.5) is 5.69 Å². The minimum absolute atomic E-state index is 0.220. The summed E-state index contributed by atoms with van der Waals surface area (Å²) in [5.74, 6) is -1.02. The lowest BCUT2D eigenvalue weighted by Gasteiger charge is -2.15. The molecule has 0 bridgehead atoms. The SMILES string of the molecule is CCOc1cc(C=NN=C2NC(=O)C(CC(=O)O)S2)cc(Br)c1OCC(=O)Nc1ccccc1C. The maximum Gasteiger partial charge on any atom is 0.305 e. The number of carbonyl (C=O) groups excluding carboxylic acids is 2. The van der Waals surface area contributed by atoms with Crippen molar-refractivity contribution in [2.75, 3.05) is 18.5 Å². The third kappa shape index (κ3) is 7.55. The maximum atomic E-state index is 12.4. The second-order valence-electron chi connectivity index (χ2n) is 7.26. The van der Waals surface area contributed by atoms with Crippen LogP contribution in [0.25, 0.3) is 0 Å². The zero-order chi connectivity index (χ0) is 25.4. The summed E-state index contributed by atoms with van der Waals surface area (Å²) in [6.07, 6.45) is 1.15. The Kier molecular flexibility index (Phi) is 9.26. The van der Waals surface area contributed by atoms with Crippen LogP contribution in [0.15, 0.2) is 51.1 Å². The normalized spacial score (nSPS) is 16.4. The molecule has 184 valence electrons. The number of hydrogen-bond acceptors (Lipinski definition) is 8. The number of amides is 2. The molecule has 1 atom stereocenters. The second kappa shape index (κ2) is 12.4. The molecule has 2 aromatic rings. The lowest BCUT2D eigenvalue weighted by atomic mass is 10.2. The fraction of sp³-hybridized carbons (Fsp3) is 0.261. The van der Waals surface area contributed by atoms with Gasteiger partial charge in [0.05, 0.1) is 23.7 Å². The van der Waals surface area contributed by atoms with Gasteiger partial charge < -0.3 is 25.2 Å². The van der Waals surface area contributed by atoms with Crippen LogP contribution in [0.5, 0.6) is 11.5 Å². The standard InChI is InChI=1S/C23H23BrN4O6S/c1-3-33-17-9-14(11-25-28-23-27-22(32)18(35-23)10-20(30)31)8-15(24)21(17)34-12-19(29)26-16-7-5-4-6-13(16)2/h4-9,11,18H,3,10,12H2,1-2H3,(H,26,29)(H,30,31)(H,27,28,32). The van der Waals surface area contributed by atoms with E-state index in [2.05, 4.69) is 36.8 Å². The van der Waals surface area contributed by atoms with E-state index in [1.165, 1.54) is 6.21 Å². The quantitative estimate of drug-likeness (QED) is 0.297. The third-order valence-corrected chi connectivity index (χ3v) is 6.25. The van der Waals surface area contributed by atoms with Crippen LogP contribution < -0.4 is 20.1 Å². The molecule has 3 rings (SSSR count). The Bertz CT molecular complexity index is 1190. The number of carboxylic acids is 1. The van der Waals surface area contributed by atoms with E-state index in [9.17, 15) is 14.4 Å². The molecule has 10 nitrogen and oxygen atoms in total. The van der Waals surface area contributed by atoms with Crippen LogP contribution >= 0.6 is 27.7 Å². The number of carboxylic acid groups (broad SMARTS) is 1. The van der Waals surface area contributed by atoms with Crippen LogP contribution in [0.1, 0.15) is 24.5 Å². The lowest BCUT2D eigenvalue weighted by Crippen LogP contribution is -2.26. The van der Waals surface area contributed by atoms with Gasteiger partial charge in [-0.2, -0.15) is 5.10 Å². The summed E-state index contributed by atoms with van der Waals surface area (Å²) in [7, 11) is 0. The number of nitrogens with one attached hydrogen (secondary N) is 2. The lowest BCUT2D eigenvalue weighted by molar-refractivity contribution is -0.138. The number of ether oxygens (including phenoxy) is 2. The summed E-state index contributed by atoms with van der Waals surface area (Å²) in [6, 6.07) is 10.8. The van der Waals surface area contributed by atoms with E-state index in [0.717, 1.165) is 17.3 Å². The Hall–Kier alpha value is -3.38. The number of aryl methyl sites for hydroxylation is 1. The smallest absolute Gasteiger partial charge is 0.305 e. The van der Waals surface area contributed by atoms with E-state index in [1.54, 1.807) is 12.1 Å². The van der Waals surface area contributed by atoms with E-state index in [-0.39, 0.29) is 24.1 Å². The molecule has 0 saturated carbocycles. The highest BCUT2D eigenvalue weighted by Gasteiger charge is 2.32. The number of hydrogen-bond donors (Lipinski definition) is 3. The largest absolute Gasteiger partial charge is 0.490 e. The van der Waals surface area contributed by atoms with Crippen molar-refractivity contribution >= 4 is 62.5 Å². The summed E-state index contributed by atoms with van der Waals surface area (Å²) >= 11 is 4.46. The first kappa shape index (κ1) is 26.2. The van der Waals surface area contributed by atoms with Gasteiger partial charge in [0.15, 0.2) is 23.3 Å². The van der Waals surface area contributed by atoms with Crippen LogP contribution in [-0.2, 0) is 14.4 Å². The molecule has 1 unspecified atom stereocenters. The van der Waals surface area contributed by atoms with Gasteiger partial charge >= 0.3 is 5.97 Å². The monoisotopic (exact) mass is 562 g/mol. The molecule has 1 heterocycles. The summed E-state index contributed by atoms with van der Waals surface area (Å²) in [4.78, 5) is 35.0. The van der Waals surface area contributed by atoms with Gasteiger partial charge in [-0.05, 0) is 59.1 Å². The molecule has 1 aliphatic heterocycles. The molecule has 0 radical (unpaired) electrons. The van der Waals surface area contributed by atoms with Crippen molar-refractivity contribution in [3.63, 3.8) is 0 Å². The summed E-state index contributed by atoms with van der Waals surface area (Å²) in [5, 5.41) is 21.6. The van der Waals surface area contributed by atoms with Gasteiger partial charge in [-0.15, -0.1) is 5.10 Å². The number of rotatable bonds is 10. The number of nitrogens with zero attached hydrogens (tertiary/aromatic N) is 2. The number of carbonyl (C=O) groups is 3. The molecule has 0 aromatic heterocycles. The predicted octanol–water partition coefficient (Wildman–Crippen LogP) is 3.57. The second-order valence-corrected chi connectivity index (χ2v) is 9.30. The molecular formula is C23H23BrN4O6S. The average molecular weight is 563 g/mol. The van der Waals surface area contributed by atoms with Crippen molar-refractivity contribution in [1.82, 2.24) is 5.32 Å². The zero-order valence-corrected chi connectivity index (χ0v) is 21.3. The highest BCUT2D eigenvalue weighted by atomic mass is 79.9. The minimum Gasteiger partial charge on any atom is -0.490 e. The van der Waals surface area contributed by atoms with Gasteiger partial charge in [0.2, 0.25) is 5.91 Å². The Balaban J connectivity index is 1.67. The topological polar surface area (TPSA) is 139 Å². The van der Waals surface area contributed by atoms with Crippen molar-refractivity contribution in [1.29, 1.82) is 0 Å². The number of anilines is 1. The fourth-order valence-corrected chi connectivity index (χ4v) is 4.49. The zero-order valence-electron chi connectivity index (χ0n) is 18.9. The molecule has 12 heteroatoms. The number of thioether (sulfide) groups is 1. The first-order valence-electron chi connectivity index (χ1n) is 10.5. The summed E-state index contributed by atoms with van der Waals surface area (Å²) in [5.41, 5.74) is 2.28. The van der Waals surface area contributed by atoms with Gasteiger partial charge in [0.25, 0.3) is 5.91 Å². The van der Waals surface area contributed by atoms with Crippen molar-refractivity contribution in [2.24, 2.45) is 10.2 Å². The Labute approximate surface area is 214 Å². The molecule has 3 N–H and O–H groups in total. The predicted molar refractivity (Wildman–Crippen MR) is 137 cm³/mol. The maximum absolute atomic E-state index is 12.4. The number of amidine groups is 1. The molecule has 0 spiro atoms. The van der Waals surface area contributed by atoms with E-state index in [1.807, 2.05) is 38.1 Å². The van der Waals surface area contributed by atoms with Gasteiger partial charge in [-0.1, -0.05) is 30.0 Å². The Morgan fingerprint density at radius 2 is 2.06 bits per heavy atom. The molecule has 35 heavy (non-hydrogen) atoms. The van der Waals surface area contributed by atoms with Gasteiger partial charge in [-0.3, -0.25) is 14.4 Å². The van der Waals surface area contributed by atoms with Gasteiger partial charge in [0, 0.05) is 5.69 Å². The average Bonchev–Trinajstić information content (AvgIpc) is 3.13. The Morgan fingerprint density at radius 3 is 2.77 bits per heavy atom. The van der Waals surface area contributed by atoms with Crippen molar-refractivity contribution in [2.45, 2.75) is 25.5 Å². The van der Waals surface area contributed by atoms with E-state index >= 15 is 0 Å². The van der Waals surface area contributed by atoms with Crippen LogP contribution in [0.3, 0.4) is 0 Å². The number of para-hydroxylation sites is 1. The summed E-state index contributed by atoms with van der Waals surface area (Å²) in [6.45, 7) is 3.87. The number of benzene rings is 2. The van der Waals surface area contributed by atoms with Gasteiger partial charge in [0.1, 0.15) is 5.25 Å². The van der Waals surface area contributed by atoms with Crippen LogP contribution in [-0.4, -0.2) is 52.7 Å². The molecule has 2 aromatic carbocycles. The van der Waals surface area contributed by atoms with Crippen molar-refractivity contribution in [3.8, 4) is 11.5 Å². The number of halogens is 1. The van der Waals surface area contributed by atoms with Gasteiger partial charge in [-0.25, -0.2) is 0 Å². The van der Waals surface area contributed by atoms with Crippen molar-refractivity contribution in [3.05, 3.63) is 52.0 Å². The molecule has 1 fully saturated rings. The molecule has 1 aliphatic rings. The minimum atomic E-state index is -1.06.